The predicted molar refractivity (Wildman–Crippen MR) is 100 cm³/mol. The maximum absolute atomic E-state index is 4.22. The summed E-state index contributed by atoms with van der Waals surface area (Å²) < 4.78 is 4.31. The van der Waals surface area contributed by atoms with Crippen LogP contribution in [0.2, 0.25) is 0 Å². The van der Waals surface area contributed by atoms with Crippen LogP contribution in [0.25, 0.3) is 10.9 Å². The molecule has 0 fully saturated rings. The molecule has 1 atom stereocenters. The van der Waals surface area contributed by atoms with Crippen molar-refractivity contribution in [2.75, 3.05) is 0 Å². The van der Waals surface area contributed by atoms with E-state index in [4.69, 9.17) is 0 Å². The van der Waals surface area contributed by atoms with Crippen molar-refractivity contribution >= 4 is 10.9 Å². The van der Waals surface area contributed by atoms with E-state index >= 15 is 0 Å². The molecule has 0 bridgehead atoms. The molecule has 2 heterocycles. The normalized spacial score (nSPS) is 13.8. The molecule has 4 rings (SSSR count). The highest BCUT2D eigenvalue weighted by atomic mass is 15.4. The number of rotatable bonds is 6. The lowest BCUT2D eigenvalue weighted by Crippen LogP contribution is -2.36. The Kier molecular flexibility index (Phi) is 4.10. The number of benzene rings is 2. The third-order valence-electron chi connectivity index (χ3n) is 5.15. The molecule has 0 amide bonds. The molecule has 0 aliphatic rings. The van der Waals surface area contributed by atoms with Crippen LogP contribution >= 0.6 is 0 Å². The SMILES string of the molecule is CCC(Cn1ccnn1)(Cn1ccc2ccccc21)c1ccccc1. The Morgan fingerprint density at radius 2 is 1.68 bits per heavy atom. The molecule has 4 heteroatoms. The highest BCUT2D eigenvalue weighted by molar-refractivity contribution is 5.79. The number of aromatic nitrogens is 4. The van der Waals surface area contributed by atoms with Crippen LogP contribution in [0.5, 0.6) is 0 Å². The molecule has 1 unspecified atom stereocenters. The molecule has 0 spiro atoms. The molecule has 4 aromatic rings. The third-order valence-corrected chi connectivity index (χ3v) is 5.15. The maximum Gasteiger partial charge on any atom is 0.0692 e. The van der Waals surface area contributed by atoms with Crippen molar-refractivity contribution in [1.29, 1.82) is 0 Å². The fourth-order valence-corrected chi connectivity index (χ4v) is 3.68. The average Bonchev–Trinajstić information content (AvgIpc) is 3.32. The first-order valence-corrected chi connectivity index (χ1v) is 8.74. The van der Waals surface area contributed by atoms with Crippen molar-refractivity contribution in [2.45, 2.75) is 31.8 Å². The quantitative estimate of drug-likeness (QED) is 0.529. The Bertz CT molecular complexity index is 940. The van der Waals surface area contributed by atoms with Crippen molar-refractivity contribution in [3.05, 3.63) is 84.8 Å². The largest absolute Gasteiger partial charge is 0.347 e. The van der Waals surface area contributed by atoms with Crippen molar-refractivity contribution in [3.63, 3.8) is 0 Å². The Hall–Kier alpha value is -2.88. The van der Waals surface area contributed by atoms with Crippen LogP contribution < -0.4 is 0 Å². The molecule has 2 aromatic heterocycles. The zero-order valence-electron chi connectivity index (χ0n) is 14.4. The van der Waals surface area contributed by atoms with Gasteiger partial charge in [0.05, 0.1) is 12.7 Å². The van der Waals surface area contributed by atoms with Crippen LogP contribution in [0.3, 0.4) is 0 Å². The van der Waals surface area contributed by atoms with E-state index in [-0.39, 0.29) is 5.41 Å². The second-order valence-corrected chi connectivity index (χ2v) is 6.60. The summed E-state index contributed by atoms with van der Waals surface area (Å²) in [4.78, 5) is 0. The minimum absolute atomic E-state index is 0.0449. The Labute approximate surface area is 147 Å². The molecule has 4 nitrogen and oxygen atoms in total. The first-order valence-electron chi connectivity index (χ1n) is 8.74. The lowest BCUT2D eigenvalue weighted by Gasteiger charge is -2.34. The van der Waals surface area contributed by atoms with Gasteiger partial charge in [-0.2, -0.15) is 0 Å². The van der Waals surface area contributed by atoms with Gasteiger partial charge in [0.1, 0.15) is 0 Å². The van der Waals surface area contributed by atoms with Crippen LogP contribution in [0.4, 0.5) is 0 Å². The van der Waals surface area contributed by atoms with Gasteiger partial charge in [0.2, 0.25) is 0 Å². The van der Waals surface area contributed by atoms with Gasteiger partial charge in [-0.3, -0.25) is 4.68 Å². The van der Waals surface area contributed by atoms with Gasteiger partial charge < -0.3 is 4.57 Å². The van der Waals surface area contributed by atoms with Crippen LogP contribution in [-0.2, 0) is 18.5 Å². The molecule has 0 N–H and O–H groups in total. The molecule has 126 valence electrons. The predicted octanol–water partition coefficient (Wildman–Crippen LogP) is 4.28. The standard InChI is InChI=1S/C21H22N4/c1-2-21(17-25-15-13-22-23-25,19-9-4-3-5-10-19)16-24-14-12-18-8-6-7-11-20(18)24/h3-15H,2,16-17H2,1H3. The first-order chi connectivity index (χ1) is 12.3. The molecule has 2 aromatic carbocycles. The van der Waals surface area contributed by atoms with Gasteiger partial charge in [-0.15, -0.1) is 5.10 Å². The van der Waals surface area contributed by atoms with Gasteiger partial charge in [0, 0.05) is 29.9 Å². The summed E-state index contributed by atoms with van der Waals surface area (Å²) >= 11 is 0. The van der Waals surface area contributed by atoms with E-state index in [1.165, 1.54) is 16.5 Å². The van der Waals surface area contributed by atoms with E-state index in [0.29, 0.717) is 0 Å². The number of nitrogens with zero attached hydrogens (tertiary/aromatic N) is 4. The van der Waals surface area contributed by atoms with Crippen LogP contribution in [0, 0.1) is 0 Å². The van der Waals surface area contributed by atoms with E-state index in [2.05, 4.69) is 88.7 Å². The highest BCUT2D eigenvalue weighted by Crippen LogP contribution is 2.33. The van der Waals surface area contributed by atoms with E-state index in [1.807, 2.05) is 10.9 Å². The highest BCUT2D eigenvalue weighted by Gasteiger charge is 2.32. The molecule has 0 aliphatic carbocycles. The molecular weight excluding hydrogens is 308 g/mol. The summed E-state index contributed by atoms with van der Waals surface area (Å²) in [5.41, 5.74) is 2.57. The van der Waals surface area contributed by atoms with Crippen LogP contribution in [-0.4, -0.2) is 19.6 Å². The van der Waals surface area contributed by atoms with Gasteiger partial charge in [0.25, 0.3) is 0 Å². The van der Waals surface area contributed by atoms with E-state index < -0.39 is 0 Å². The summed E-state index contributed by atoms with van der Waals surface area (Å²) in [6.45, 7) is 3.97. The summed E-state index contributed by atoms with van der Waals surface area (Å²) in [6, 6.07) is 21.5. The monoisotopic (exact) mass is 330 g/mol. The van der Waals surface area contributed by atoms with E-state index in [1.54, 1.807) is 6.20 Å². The van der Waals surface area contributed by atoms with Gasteiger partial charge >= 0.3 is 0 Å². The molecule has 25 heavy (non-hydrogen) atoms. The smallest absolute Gasteiger partial charge is 0.0692 e. The van der Waals surface area contributed by atoms with Crippen molar-refractivity contribution in [3.8, 4) is 0 Å². The number of fused-ring (bicyclic) bond motifs is 1. The zero-order chi connectivity index (χ0) is 17.1. The topological polar surface area (TPSA) is 35.6 Å². The lowest BCUT2D eigenvalue weighted by molar-refractivity contribution is 0.288. The fourth-order valence-electron chi connectivity index (χ4n) is 3.68. The first kappa shape index (κ1) is 15.6. The zero-order valence-corrected chi connectivity index (χ0v) is 14.4. The van der Waals surface area contributed by atoms with E-state index in [0.717, 1.165) is 19.5 Å². The van der Waals surface area contributed by atoms with Crippen LogP contribution in [0.15, 0.2) is 79.3 Å². The Morgan fingerprint density at radius 3 is 2.44 bits per heavy atom. The molecule has 0 aliphatic heterocycles. The van der Waals surface area contributed by atoms with Gasteiger partial charge in [-0.25, -0.2) is 0 Å². The molecule has 0 saturated heterocycles. The van der Waals surface area contributed by atoms with Gasteiger partial charge in [0.15, 0.2) is 0 Å². The average molecular weight is 330 g/mol. The van der Waals surface area contributed by atoms with Crippen molar-refractivity contribution in [1.82, 2.24) is 19.6 Å². The van der Waals surface area contributed by atoms with E-state index in [9.17, 15) is 0 Å². The summed E-state index contributed by atoms with van der Waals surface area (Å²) in [6.07, 6.45) is 6.90. The van der Waals surface area contributed by atoms with Crippen molar-refractivity contribution < 1.29 is 0 Å². The lowest BCUT2D eigenvalue weighted by atomic mass is 9.77. The third kappa shape index (κ3) is 2.95. The Morgan fingerprint density at radius 1 is 0.880 bits per heavy atom. The molecular formula is C21H22N4. The minimum atomic E-state index is -0.0449. The fraction of sp³-hybridized carbons (Fsp3) is 0.238. The van der Waals surface area contributed by atoms with Gasteiger partial charge in [-0.1, -0.05) is 60.7 Å². The number of hydrogen-bond donors (Lipinski definition) is 0. The van der Waals surface area contributed by atoms with Gasteiger partial charge in [-0.05, 0) is 29.5 Å². The number of hydrogen-bond acceptors (Lipinski definition) is 2. The second kappa shape index (κ2) is 6.55. The second-order valence-electron chi connectivity index (χ2n) is 6.60. The maximum atomic E-state index is 4.22. The molecule has 0 saturated carbocycles. The summed E-state index contributed by atoms with van der Waals surface area (Å²) in [5.74, 6) is 0. The van der Waals surface area contributed by atoms with Crippen molar-refractivity contribution in [2.24, 2.45) is 0 Å². The summed E-state index contributed by atoms with van der Waals surface area (Å²) in [7, 11) is 0. The molecule has 0 radical (unpaired) electrons. The summed E-state index contributed by atoms with van der Waals surface area (Å²) in [5, 5.41) is 9.49. The Balaban J connectivity index is 1.79. The number of para-hydroxylation sites is 1. The van der Waals surface area contributed by atoms with Crippen LogP contribution in [0.1, 0.15) is 18.9 Å². The minimum Gasteiger partial charge on any atom is -0.347 e.